The highest BCUT2D eigenvalue weighted by molar-refractivity contribution is 6.15. The molecular formula is C9H11NO5. The van der Waals surface area contributed by atoms with Crippen molar-refractivity contribution in [3.05, 3.63) is 0 Å². The number of carboxylic acids is 1. The predicted molar refractivity (Wildman–Crippen MR) is 46.9 cm³/mol. The Kier molecular flexibility index (Phi) is 1.88. The summed E-state index contributed by atoms with van der Waals surface area (Å²) < 4.78 is 0. The van der Waals surface area contributed by atoms with E-state index in [1.54, 1.807) is 0 Å². The number of aliphatic hydroxyl groups excluding tert-OH is 1. The number of hydrogen-bond acceptors (Lipinski definition) is 4. The van der Waals surface area contributed by atoms with Gasteiger partial charge in [-0.15, -0.1) is 0 Å². The maximum Gasteiger partial charge on any atom is 0.340 e. The molecule has 0 aliphatic carbocycles. The molecule has 0 aromatic heterocycles. The van der Waals surface area contributed by atoms with Crippen molar-refractivity contribution in [2.24, 2.45) is 0 Å². The van der Waals surface area contributed by atoms with Gasteiger partial charge in [-0.3, -0.25) is 9.59 Å². The van der Waals surface area contributed by atoms with Crippen LogP contribution in [-0.2, 0) is 14.4 Å². The van der Waals surface area contributed by atoms with Gasteiger partial charge in [0.25, 0.3) is 0 Å². The number of nitrogens with zero attached hydrogens (tertiary/aromatic N) is 1. The van der Waals surface area contributed by atoms with Crippen LogP contribution in [0.3, 0.4) is 0 Å². The molecule has 15 heavy (non-hydrogen) atoms. The number of hydrogen-bond donors (Lipinski definition) is 2. The second-order valence-corrected chi connectivity index (χ2v) is 4.00. The zero-order chi connectivity index (χ0) is 11.4. The molecule has 2 heterocycles. The van der Waals surface area contributed by atoms with Crippen LogP contribution in [0.15, 0.2) is 0 Å². The number of carbonyl (C=O) groups is 3. The second kappa shape index (κ2) is 2.79. The molecule has 2 rings (SSSR count). The number of ketones is 1. The lowest BCUT2D eigenvalue weighted by Crippen LogP contribution is -2.68. The minimum atomic E-state index is -2.04. The summed E-state index contributed by atoms with van der Waals surface area (Å²) in [5, 5.41) is 18.6. The van der Waals surface area contributed by atoms with E-state index in [0.29, 0.717) is 0 Å². The molecule has 0 saturated carbocycles. The summed E-state index contributed by atoms with van der Waals surface area (Å²) in [4.78, 5) is 35.1. The summed E-state index contributed by atoms with van der Waals surface area (Å²) in [6.45, 7) is 1.22. The number of Topliss-reactive ketones (excluding diaryl/α,β-unsaturated/α-hetero) is 1. The maximum atomic E-state index is 11.7. The number of rotatable bonds is 2. The molecule has 2 saturated heterocycles. The molecule has 2 N–H and O–H groups in total. The molecule has 6 nitrogen and oxygen atoms in total. The minimum Gasteiger partial charge on any atom is -0.479 e. The SMILES string of the molecule is CC(O)C1(C(=O)O)C(=O)CC2CC(=O)N21. The first-order valence-electron chi connectivity index (χ1n) is 4.69. The zero-order valence-electron chi connectivity index (χ0n) is 8.14. The highest BCUT2D eigenvalue weighted by atomic mass is 16.4. The molecule has 1 amide bonds. The first-order chi connectivity index (χ1) is 6.92. The van der Waals surface area contributed by atoms with Crippen molar-refractivity contribution in [1.29, 1.82) is 0 Å². The molecule has 0 radical (unpaired) electrons. The number of amides is 1. The van der Waals surface area contributed by atoms with Crippen LogP contribution in [0.25, 0.3) is 0 Å². The third-order valence-electron chi connectivity index (χ3n) is 3.20. The smallest absolute Gasteiger partial charge is 0.340 e. The Morgan fingerprint density at radius 3 is 2.47 bits per heavy atom. The van der Waals surface area contributed by atoms with Gasteiger partial charge in [-0.1, -0.05) is 0 Å². The second-order valence-electron chi connectivity index (χ2n) is 4.00. The molecule has 0 aromatic rings. The van der Waals surface area contributed by atoms with Crippen molar-refractivity contribution in [2.45, 2.75) is 37.5 Å². The van der Waals surface area contributed by atoms with E-state index in [9.17, 15) is 19.5 Å². The molecule has 3 unspecified atom stereocenters. The van der Waals surface area contributed by atoms with Crippen LogP contribution in [-0.4, -0.2) is 50.5 Å². The summed E-state index contributed by atoms with van der Waals surface area (Å²) in [5.74, 6) is -2.41. The molecule has 2 fully saturated rings. The molecule has 2 aliphatic heterocycles. The summed E-state index contributed by atoms with van der Waals surface area (Å²) in [6, 6.07) is -0.337. The van der Waals surface area contributed by atoms with Crippen LogP contribution >= 0.6 is 0 Å². The predicted octanol–water partition coefficient (Wildman–Crippen LogP) is -1.24. The van der Waals surface area contributed by atoms with Crippen molar-refractivity contribution in [1.82, 2.24) is 4.90 Å². The summed E-state index contributed by atoms with van der Waals surface area (Å²) in [7, 11) is 0. The summed E-state index contributed by atoms with van der Waals surface area (Å²) in [5.41, 5.74) is -2.04. The first kappa shape index (κ1) is 10.1. The molecule has 3 atom stereocenters. The van der Waals surface area contributed by atoms with Crippen molar-refractivity contribution in [2.75, 3.05) is 0 Å². The third kappa shape index (κ3) is 0.944. The van der Waals surface area contributed by atoms with E-state index in [1.807, 2.05) is 0 Å². The number of fused-ring (bicyclic) bond motifs is 1. The van der Waals surface area contributed by atoms with Gasteiger partial charge in [-0.05, 0) is 6.92 Å². The van der Waals surface area contributed by atoms with Crippen LogP contribution < -0.4 is 0 Å². The molecule has 0 spiro atoms. The van der Waals surface area contributed by atoms with Gasteiger partial charge < -0.3 is 15.1 Å². The van der Waals surface area contributed by atoms with Crippen LogP contribution in [0.1, 0.15) is 19.8 Å². The third-order valence-corrected chi connectivity index (χ3v) is 3.20. The molecule has 6 heteroatoms. The Labute approximate surface area is 85.5 Å². The molecule has 2 aliphatic rings. The fourth-order valence-corrected chi connectivity index (χ4v) is 2.47. The fourth-order valence-electron chi connectivity index (χ4n) is 2.47. The van der Waals surface area contributed by atoms with E-state index in [0.717, 1.165) is 4.90 Å². The van der Waals surface area contributed by atoms with Crippen molar-refractivity contribution >= 4 is 17.7 Å². The Morgan fingerprint density at radius 1 is 1.53 bits per heavy atom. The van der Waals surface area contributed by atoms with E-state index in [-0.39, 0.29) is 24.8 Å². The number of aliphatic carboxylic acids is 1. The zero-order valence-corrected chi connectivity index (χ0v) is 8.14. The van der Waals surface area contributed by atoms with E-state index in [1.165, 1.54) is 6.92 Å². The van der Waals surface area contributed by atoms with Gasteiger partial charge in [-0.25, -0.2) is 4.79 Å². The monoisotopic (exact) mass is 213 g/mol. The molecular weight excluding hydrogens is 202 g/mol. The van der Waals surface area contributed by atoms with Crippen molar-refractivity contribution < 1.29 is 24.6 Å². The highest BCUT2D eigenvalue weighted by Gasteiger charge is 2.67. The van der Waals surface area contributed by atoms with Gasteiger partial charge in [0.2, 0.25) is 11.4 Å². The number of carbonyl (C=O) groups excluding carboxylic acids is 2. The maximum absolute atomic E-state index is 11.7. The lowest BCUT2D eigenvalue weighted by molar-refractivity contribution is -0.176. The Balaban J connectivity index is 2.50. The number of aliphatic hydroxyl groups is 1. The Bertz CT molecular complexity index is 364. The topological polar surface area (TPSA) is 94.9 Å². The van der Waals surface area contributed by atoms with Crippen LogP contribution in [0.4, 0.5) is 0 Å². The normalized spacial score (nSPS) is 36.1. The first-order valence-corrected chi connectivity index (χ1v) is 4.69. The van der Waals surface area contributed by atoms with Crippen LogP contribution in [0.2, 0.25) is 0 Å². The van der Waals surface area contributed by atoms with E-state index in [4.69, 9.17) is 5.11 Å². The van der Waals surface area contributed by atoms with Crippen LogP contribution in [0, 0.1) is 0 Å². The van der Waals surface area contributed by atoms with Gasteiger partial charge in [0.1, 0.15) is 0 Å². The van der Waals surface area contributed by atoms with Gasteiger partial charge in [-0.2, -0.15) is 0 Å². The lowest BCUT2D eigenvalue weighted by atomic mass is 9.88. The molecule has 82 valence electrons. The fraction of sp³-hybridized carbons (Fsp3) is 0.667. The highest BCUT2D eigenvalue weighted by Crippen LogP contribution is 2.42. The number of β-lactam (4-membered cyclic amide) rings is 1. The average molecular weight is 213 g/mol. The summed E-state index contributed by atoms with van der Waals surface area (Å²) in [6.07, 6.45) is -1.16. The van der Waals surface area contributed by atoms with Gasteiger partial charge in [0.05, 0.1) is 6.10 Å². The van der Waals surface area contributed by atoms with Gasteiger partial charge in [0.15, 0.2) is 5.78 Å². The minimum absolute atomic E-state index is 0.0307. The van der Waals surface area contributed by atoms with E-state index >= 15 is 0 Å². The van der Waals surface area contributed by atoms with E-state index < -0.39 is 23.4 Å². The van der Waals surface area contributed by atoms with Crippen molar-refractivity contribution in [3.63, 3.8) is 0 Å². The van der Waals surface area contributed by atoms with E-state index in [2.05, 4.69) is 0 Å². The molecule has 0 aromatic carbocycles. The molecule has 0 bridgehead atoms. The number of carboxylic acid groups (broad SMARTS) is 1. The Morgan fingerprint density at radius 2 is 2.13 bits per heavy atom. The standard InChI is InChI=1S/C9H11NO5/c1-4(11)9(8(14)15)6(12)2-5-3-7(13)10(5)9/h4-5,11H,2-3H2,1H3,(H,14,15). The quantitative estimate of drug-likeness (QED) is 0.442. The van der Waals surface area contributed by atoms with Crippen molar-refractivity contribution in [3.8, 4) is 0 Å². The lowest BCUT2D eigenvalue weighted by Gasteiger charge is -2.44. The van der Waals surface area contributed by atoms with Gasteiger partial charge >= 0.3 is 5.97 Å². The largest absolute Gasteiger partial charge is 0.479 e. The summed E-state index contributed by atoms with van der Waals surface area (Å²) >= 11 is 0. The Hall–Kier alpha value is -1.43. The average Bonchev–Trinajstić information content (AvgIpc) is 2.34. The van der Waals surface area contributed by atoms with Gasteiger partial charge in [0, 0.05) is 18.9 Å². The van der Waals surface area contributed by atoms with Crippen LogP contribution in [0.5, 0.6) is 0 Å².